The molecule has 1 fully saturated rings. The Kier molecular flexibility index (Phi) is 6.48. The van der Waals surface area contributed by atoms with Crippen LogP contribution in [0, 0.1) is 5.95 Å². The topological polar surface area (TPSA) is 82.8 Å². The van der Waals surface area contributed by atoms with Crippen molar-refractivity contribution in [1.82, 2.24) is 4.98 Å². The number of rotatable bonds is 5. The maximum absolute atomic E-state index is 13.0. The van der Waals surface area contributed by atoms with E-state index in [0.717, 1.165) is 20.9 Å². The van der Waals surface area contributed by atoms with Gasteiger partial charge >= 0.3 is 0 Å². The number of hydrogen-bond donors (Lipinski definition) is 3. The zero-order valence-electron chi connectivity index (χ0n) is 15.9. The van der Waals surface area contributed by atoms with Gasteiger partial charge in [0, 0.05) is 39.4 Å². The second kappa shape index (κ2) is 9.09. The maximum atomic E-state index is 13.0. The van der Waals surface area contributed by atoms with Crippen LogP contribution in [-0.2, 0) is 11.2 Å². The molecule has 0 radical (unpaired) electrons. The van der Waals surface area contributed by atoms with Gasteiger partial charge in [0.05, 0.1) is 18.8 Å². The second-order valence-corrected chi connectivity index (χ2v) is 8.89. The van der Waals surface area contributed by atoms with Crippen molar-refractivity contribution in [3.63, 3.8) is 0 Å². The summed E-state index contributed by atoms with van der Waals surface area (Å²) >= 11 is 7.97. The molecule has 4 atom stereocenters. The Balaban J connectivity index is 1.56. The zero-order valence-corrected chi connectivity index (χ0v) is 17.5. The molecule has 3 aromatic rings. The molecule has 158 valence electrons. The van der Waals surface area contributed by atoms with Crippen LogP contribution < -0.4 is 0 Å². The summed E-state index contributed by atoms with van der Waals surface area (Å²) in [6, 6.07) is 12.3. The average Bonchev–Trinajstić information content (AvgIpc) is 3.20. The molecule has 0 spiro atoms. The fourth-order valence-corrected chi connectivity index (χ4v) is 4.80. The zero-order chi connectivity index (χ0) is 21.3. The summed E-state index contributed by atoms with van der Waals surface area (Å²) < 4.78 is 18.8. The molecule has 0 amide bonds. The van der Waals surface area contributed by atoms with E-state index in [0.29, 0.717) is 17.0 Å². The van der Waals surface area contributed by atoms with Gasteiger partial charge in [0.15, 0.2) is 0 Å². The maximum Gasteiger partial charge on any atom is 0.212 e. The van der Waals surface area contributed by atoms with Gasteiger partial charge in [-0.3, -0.25) is 0 Å². The van der Waals surface area contributed by atoms with Crippen molar-refractivity contribution in [3.8, 4) is 10.4 Å². The number of aliphatic hydroxyl groups is 3. The third kappa shape index (κ3) is 4.56. The van der Waals surface area contributed by atoms with E-state index in [1.807, 2.05) is 18.2 Å². The van der Waals surface area contributed by atoms with Crippen LogP contribution in [0.4, 0.5) is 4.39 Å². The van der Waals surface area contributed by atoms with Crippen molar-refractivity contribution < 1.29 is 24.4 Å². The molecule has 0 aliphatic carbocycles. The van der Waals surface area contributed by atoms with E-state index in [4.69, 9.17) is 16.3 Å². The molecule has 1 saturated heterocycles. The Labute approximate surface area is 182 Å². The summed E-state index contributed by atoms with van der Waals surface area (Å²) in [5.41, 5.74) is 2.39. The fraction of sp³-hybridized carbons (Fsp3) is 0.318. The molecule has 1 unspecified atom stereocenters. The average molecular weight is 450 g/mol. The summed E-state index contributed by atoms with van der Waals surface area (Å²) in [6.07, 6.45) is -1.07. The van der Waals surface area contributed by atoms with Gasteiger partial charge in [-0.25, -0.2) is 4.98 Å². The van der Waals surface area contributed by atoms with Gasteiger partial charge in [-0.05, 0) is 41.5 Å². The number of thiophene rings is 1. The quantitative estimate of drug-likeness (QED) is 0.517. The lowest BCUT2D eigenvalue weighted by Crippen LogP contribution is -2.44. The van der Waals surface area contributed by atoms with Crippen molar-refractivity contribution in [2.24, 2.45) is 0 Å². The summed E-state index contributed by atoms with van der Waals surface area (Å²) in [5.74, 6) is -0.514. The van der Waals surface area contributed by atoms with Crippen LogP contribution in [-0.4, -0.2) is 45.2 Å². The Morgan fingerprint density at radius 2 is 2.00 bits per heavy atom. The van der Waals surface area contributed by atoms with E-state index in [-0.39, 0.29) is 13.0 Å². The van der Waals surface area contributed by atoms with Crippen LogP contribution in [0.1, 0.15) is 28.5 Å². The SMILES string of the molecule is OC[C@@H]1C[C@H](O)[C@@H](O)C(c2ccc(Cl)c(Cc3ccc(-c4ccc(F)nc4)s3)c2)O1. The molecule has 1 aromatic carbocycles. The first-order chi connectivity index (χ1) is 14.4. The lowest BCUT2D eigenvalue weighted by Gasteiger charge is -2.37. The van der Waals surface area contributed by atoms with Gasteiger partial charge in [-0.2, -0.15) is 4.39 Å². The molecule has 3 N–H and O–H groups in total. The van der Waals surface area contributed by atoms with Crippen molar-refractivity contribution in [2.75, 3.05) is 6.61 Å². The van der Waals surface area contributed by atoms with E-state index in [2.05, 4.69) is 4.98 Å². The number of benzene rings is 1. The molecule has 0 bridgehead atoms. The highest BCUT2D eigenvalue weighted by atomic mass is 35.5. The van der Waals surface area contributed by atoms with Gasteiger partial charge in [-0.1, -0.05) is 23.7 Å². The van der Waals surface area contributed by atoms with Crippen molar-refractivity contribution >= 4 is 22.9 Å². The first-order valence-corrected chi connectivity index (χ1v) is 10.8. The monoisotopic (exact) mass is 449 g/mol. The summed E-state index contributed by atoms with van der Waals surface area (Å²) in [5, 5.41) is 30.5. The van der Waals surface area contributed by atoms with Crippen LogP contribution in [0.2, 0.25) is 5.02 Å². The van der Waals surface area contributed by atoms with Crippen molar-refractivity contribution in [3.05, 3.63) is 75.6 Å². The normalized spacial score (nSPS) is 24.2. The van der Waals surface area contributed by atoms with E-state index in [9.17, 15) is 19.7 Å². The molecule has 1 aliphatic heterocycles. The molecule has 8 heteroatoms. The summed E-state index contributed by atoms with van der Waals surface area (Å²) in [4.78, 5) is 5.73. The molecule has 5 nitrogen and oxygen atoms in total. The largest absolute Gasteiger partial charge is 0.394 e. The highest BCUT2D eigenvalue weighted by Gasteiger charge is 2.37. The number of halogens is 2. The molecule has 2 aromatic heterocycles. The lowest BCUT2D eigenvalue weighted by molar-refractivity contribution is -0.179. The third-order valence-corrected chi connectivity index (χ3v) is 6.69. The number of hydrogen-bond acceptors (Lipinski definition) is 6. The van der Waals surface area contributed by atoms with Crippen LogP contribution in [0.25, 0.3) is 10.4 Å². The fourth-order valence-electron chi connectivity index (χ4n) is 3.59. The number of aliphatic hydroxyl groups excluding tert-OH is 3. The van der Waals surface area contributed by atoms with Crippen LogP contribution in [0.15, 0.2) is 48.7 Å². The van der Waals surface area contributed by atoms with E-state index < -0.39 is 30.4 Å². The molecule has 30 heavy (non-hydrogen) atoms. The smallest absolute Gasteiger partial charge is 0.212 e. The highest BCUT2D eigenvalue weighted by molar-refractivity contribution is 7.15. The Bertz CT molecular complexity index is 1010. The Morgan fingerprint density at radius 1 is 1.17 bits per heavy atom. The molecular weight excluding hydrogens is 429 g/mol. The first kappa shape index (κ1) is 21.4. The molecule has 1 aliphatic rings. The molecule has 4 rings (SSSR count). The molecule has 0 saturated carbocycles. The lowest BCUT2D eigenvalue weighted by atomic mass is 9.92. The standard InChI is InChI=1S/C22H21ClFNO4S/c23-17-4-1-12(22-21(28)18(27)9-15(11-26)29-22)7-14(17)8-16-3-5-19(30-16)13-2-6-20(24)25-10-13/h1-7,10,15,18,21-22,26-28H,8-9,11H2/t15-,18-,21+,22?/m0/s1. The molecule has 3 heterocycles. The van der Waals surface area contributed by atoms with Gasteiger partial charge in [0.2, 0.25) is 5.95 Å². The molecular formula is C22H21ClFNO4S. The third-order valence-electron chi connectivity index (χ3n) is 5.19. The van der Waals surface area contributed by atoms with Crippen LogP contribution >= 0.6 is 22.9 Å². The van der Waals surface area contributed by atoms with Crippen LogP contribution in [0.3, 0.4) is 0 Å². The Morgan fingerprint density at radius 3 is 2.73 bits per heavy atom. The minimum atomic E-state index is -1.08. The van der Waals surface area contributed by atoms with Crippen LogP contribution in [0.5, 0.6) is 0 Å². The minimum absolute atomic E-state index is 0.185. The van der Waals surface area contributed by atoms with Crippen molar-refractivity contribution in [2.45, 2.75) is 37.3 Å². The number of ether oxygens (including phenoxy) is 1. The Hall–Kier alpha value is -1.87. The highest BCUT2D eigenvalue weighted by Crippen LogP contribution is 2.35. The number of nitrogens with zero attached hydrogens (tertiary/aromatic N) is 1. The van der Waals surface area contributed by atoms with Gasteiger partial charge in [-0.15, -0.1) is 11.3 Å². The number of pyridine rings is 1. The van der Waals surface area contributed by atoms with Gasteiger partial charge in [0.25, 0.3) is 0 Å². The predicted molar refractivity (Wildman–Crippen MR) is 113 cm³/mol. The van der Waals surface area contributed by atoms with Crippen molar-refractivity contribution in [1.29, 1.82) is 0 Å². The van der Waals surface area contributed by atoms with E-state index in [1.165, 1.54) is 12.3 Å². The minimum Gasteiger partial charge on any atom is -0.394 e. The van der Waals surface area contributed by atoms with Gasteiger partial charge in [0.1, 0.15) is 12.2 Å². The summed E-state index contributed by atoms with van der Waals surface area (Å²) in [7, 11) is 0. The first-order valence-electron chi connectivity index (χ1n) is 9.56. The summed E-state index contributed by atoms with van der Waals surface area (Å²) in [6.45, 7) is -0.225. The predicted octanol–water partition coefficient (Wildman–Crippen LogP) is 3.74. The van der Waals surface area contributed by atoms with E-state index >= 15 is 0 Å². The van der Waals surface area contributed by atoms with E-state index in [1.54, 1.807) is 29.5 Å². The van der Waals surface area contributed by atoms with Gasteiger partial charge < -0.3 is 20.1 Å². The number of aromatic nitrogens is 1. The second-order valence-electron chi connectivity index (χ2n) is 7.32.